The van der Waals surface area contributed by atoms with Crippen molar-refractivity contribution < 1.29 is 14.7 Å². The van der Waals surface area contributed by atoms with Gasteiger partial charge in [0.15, 0.2) is 0 Å². The molecule has 5 nitrogen and oxygen atoms in total. The van der Waals surface area contributed by atoms with Crippen LogP contribution in [0.4, 0.5) is 0 Å². The summed E-state index contributed by atoms with van der Waals surface area (Å²) in [7, 11) is 4.36. The minimum absolute atomic E-state index is 0.172. The van der Waals surface area contributed by atoms with Crippen LogP contribution in [0.2, 0.25) is 0 Å². The molecule has 18 heavy (non-hydrogen) atoms. The van der Waals surface area contributed by atoms with E-state index in [9.17, 15) is 9.59 Å². The molecule has 0 spiro atoms. The van der Waals surface area contributed by atoms with Crippen LogP contribution < -0.4 is 0 Å². The average molecular weight is 290 g/mol. The fourth-order valence-corrected chi connectivity index (χ4v) is 3.26. The van der Waals surface area contributed by atoms with Crippen LogP contribution in [0.3, 0.4) is 0 Å². The van der Waals surface area contributed by atoms with E-state index in [1.54, 1.807) is 6.92 Å². The van der Waals surface area contributed by atoms with E-state index in [0.717, 1.165) is 0 Å². The zero-order valence-electron chi connectivity index (χ0n) is 11.0. The van der Waals surface area contributed by atoms with E-state index in [4.69, 9.17) is 10.4 Å². The van der Waals surface area contributed by atoms with E-state index in [2.05, 4.69) is 6.07 Å². The summed E-state index contributed by atoms with van der Waals surface area (Å²) < 4.78 is -0.623. The number of carboxylic acid groups (broad SMARTS) is 1. The molecule has 0 aliphatic carbocycles. The van der Waals surface area contributed by atoms with Crippen molar-refractivity contribution >= 4 is 33.5 Å². The van der Waals surface area contributed by atoms with Gasteiger partial charge in [-0.15, -0.1) is 0 Å². The second-order valence-electron chi connectivity index (χ2n) is 4.11. The van der Waals surface area contributed by atoms with Crippen LogP contribution in [0.1, 0.15) is 26.7 Å². The summed E-state index contributed by atoms with van der Waals surface area (Å²) >= 11 is 0. The first-order valence-corrected chi connectivity index (χ1v) is 7.94. The quantitative estimate of drug-likeness (QED) is 0.722. The van der Waals surface area contributed by atoms with Gasteiger partial charge in [-0.3, -0.25) is 4.79 Å². The molecule has 0 radical (unpaired) electrons. The van der Waals surface area contributed by atoms with Crippen LogP contribution in [0.15, 0.2) is 0 Å². The van der Waals surface area contributed by atoms with Crippen molar-refractivity contribution in [1.82, 2.24) is 4.90 Å². The lowest BCUT2D eigenvalue weighted by atomic mass is 10.1. The normalized spacial score (nSPS) is 15.3. The standard InChI is InChI=1S/C11H18N2O3S2/c1-8(10(15)16)13(3)9(14)5-6-11(2,7-12)18-17-4/h8H,5-6H2,1-4H3,(H,15,16)/t8-,11?/m0/s1. The fraction of sp³-hybridized carbons (Fsp3) is 0.727. The van der Waals surface area contributed by atoms with Gasteiger partial charge in [-0.25, -0.2) is 4.79 Å². The summed E-state index contributed by atoms with van der Waals surface area (Å²) in [6.45, 7) is 3.24. The second kappa shape index (κ2) is 7.54. The number of carbonyl (C=O) groups excluding carboxylic acids is 1. The monoisotopic (exact) mass is 290 g/mol. The van der Waals surface area contributed by atoms with E-state index in [-0.39, 0.29) is 12.3 Å². The Bertz CT molecular complexity index is 357. The Labute approximate surface area is 115 Å². The van der Waals surface area contributed by atoms with Crippen LogP contribution in [0.5, 0.6) is 0 Å². The van der Waals surface area contributed by atoms with Crippen molar-refractivity contribution in [3.05, 3.63) is 0 Å². The number of carbonyl (C=O) groups is 2. The third-order valence-corrected chi connectivity index (χ3v) is 5.08. The first kappa shape index (κ1) is 17.1. The Morgan fingerprint density at radius 3 is 2.50 bits per heavy atom. The Morgan fingerprint density at radius 2 is 2.11 bits per heavy atom. The lowest BCUT2D eigenvalue weighted by Gasteiger charge is -2.24. The molecule has 0 aliphatic rings. The molecule has 0 saturated carbocycles. The highest BCUT2D eigenvalue weighted by atomic mass is 33.1. The highest BCUT2D eigenvalue weighted by molar-refractivity contribution is 8.77. The van der Waals surface area contributed by atoms with Crippen LogP contribution in [-0.4, -0.2) is 46.0 Å². The van der Waals surface area contributed by atoms with Crippen molar-refractivity contribution in [2.45, 2.75) is 37.5 Å². The molecule has 0 rings (SSSR count). The number of nitrogens with zero attached hydrogens (tertiary/aromatic N) is 2. The van der Waals surface area contributed by atoms with Gasteiger partial charge in [-0.05, 0) is 26.5 Å². The number of hydrogen-bond acceptors (Lipinski definition) is 5. The number of nitriles is 1. The minimum Gasteiger partial charge on any atom is -0.480 e. The van der Waals surface area contributed by atoms with E-state index in [1.807, 2.05) is 6.26 Å². The molecule has 0 fully saturated rings. The molecule has 2 atom stereocenters. The predicted molar refractivity (Wildman–Crippen MR) is 74.2 cm³/mol. The Hall–Kier alpha value is -0.870. The molecule has 0 aromatic heterocycles. The SMILES string of the molecule is CSSC(C)(C#N)CCC(=O)N(C)[C@@H](C)C(=O)O. The third-order valence-electron chi connectivity index (χ3n) is 2.65. The summed E-state index contributed by atoms with van der Waals surface area (Å²) in [5.74, 6) is -1.29. The van der Waals surface area contributed by atoms with Gasteiger partial charge in [-0.1, -0.05) is 21.6 Å². The molecule has 1 amide bonds. The number of likely N-dealkylation sites (N-methyl/N-ethyl adjacent to an activating group) is 1. The van der Waals surface area contributed by atoms with Gasteiger partial charge < -0.3 is 10.0 Å². The van der Waals surface area contributed by atoms with E-state index >= 15 is 0 Å². The molecule has 1 N–H and O–H groups in total. The Kier molecular flexibility index (Phi) is 7.18. The maximum atomic E-state index is 11.8. The molecule has 0 saturated heterocycles. The van der Waals surface area contributed by atoms with Gasteiger partial charge in [0.1, 0.15) is 10.8 Å². The molecule has 102 valence electrons. The molecular formula is C11H18N2O3S2. The molecule has 0 aromatic rings. The van der Waals surface area contributed by atoms with E-state index < -0.39 is 16.8 Å². The molecule has 1 unspecified atom stereocenters. The Morgan fingerprint density at radius 1 is 1.56 bits per heavy atom. The van der Waals surface area contributed by atoms with Crippen LogP contribution in [0, 0.1) is 11.3 Å². The maximum Gasteiger partial charge on any atom is 0.326 e. The van der Waals surface area contributed by atoms with Gasteiger partial charge in [0.2, 0.25) is 5.91 Å². The topological polar surface area (TPSA) is 81.4 Å². The molecule has 0 heterocycles. The number of carboxylic acids is 1. The lowest BCUT2D eigenvalue weighted by Crippen LogP contribution is -2.40. The zero-order valence-corrected chi connectivity index (χ0v) is 12.6. The van der Waals surface area contributed by atoms with Crippen molar-refractivity contribution in [3.63, 3.8) is 0 Å². The van der Waals surface area contributed by atoms with Gasteiger partial charge in [-0.2, -0.15) is 5.26 Å². The van der Waals surface area contributed by atoms with Gasteiger partial charge in [0.05, 0.1) is 6.07 Å². The smallest absolute Gasteiger partial charge is 0.326 e. The highest BCUT2D eigenvalue weighted by Gasteiger charge is 2.28. The summed E-state index contributed by atoms with van der Waals surface area (Å²) in [5, 5.41) is 17.9. The second-order valence-corrected chi connectivity index (χ2v) is 7.01. The minimum atomic E-state index is -1.03. The van der Waals surface area contributed by atoms with Crippen molar-refractivity contribution in [3.8, 4) is 6.07 Å². The van der Waals surface area contributed by atoms with Crippen LogP contribution in [0.25, 0.3) is 0 Å². The molecular weight excluding hydrogens is 272 g/mol. The number of amides is 1. The summed E-state index contributed by atoms with van der Waals surface area (Å²) in [5.41, 5.74) is 0. The van der Waals surface area contributed by atoms with Crippen LogP contribution >= 0.6 is 21.6 Å². The van der Waals surface area contributed by atoms with Crippen molar-refractivity contribution in [1.29, 1.82) is 5.26 Å². The fourth-order valence-electron chi connectivity index (χ4n) is 1.20. The van der Waals surface area contributed by atoms with Gasteiger partial charge in [0.25, 0.3) is 0 Å². The number of rotatable bonds is 7. The molecule has 7 heteroatoms. The summed E-state index contributed by atoms with van der Waals surface area (Å²) in [6.07, 6.45) is 2.46. The van der Waals surface area contributed by atoms with Gasteiger partial charge >= 0.3 is 5.97 Å². The Balaban J connectivity index is 4.42. The maximum absolute atomic E-state index is 11.8. The zero-order chi connectivity index (χ0) is 14.3. The number of hydrogen-bond donors (Lipinski definition) is 1. The summed E-state index contributed by atoms with van der Waals surface area (Å²) in [6, 6.07) is 1.33. The van der Waals surface area contributed by atoms with E-state index in [0.29, 0.717) is 6.42 Å². The molecule has 0 bridgehead atoms. The lowest BCUT2D eigenvalue weighted by molar-refractivity contribution is -0.148. The highest BCUT2D eigenvalue weighted by Crippen LogP contribution is 2.37. The van der Waals surface area contributed by atoms with Crippen molar-refractivity contribution in [2.24, 2.45) is 0 Å². The van der Waals surface area contributed by atoms with Crippen LogP contribution in [-0.2, 0) is 9.59 Å². The third kappa shape index (κ3) is 5.19. The number of aliphatic carboxylic acids is 1. The van der Waals surface area contributed by atoms with Gasteiger partial charge in [0, 0.05) is 13.5 Å². The first-order valence-electron chi connectivity index (χ1n) is 5.39. The predicted octanol–water partition coefficient (Wildman–Crippen LogP) is 1.99. The largest absolute Gasteiger partial charge is 0.480 e. The van der Waals surface area contributed by atoms with Crippen molar-refractivity contribution in [2.75, 3.05) is 13.3 Å². The van der Waals surface area contributed by atoms with E-state index in [1.165, 1.54) is 40.5 Å². The first-order chi connectivity index (χ1) is 8.27. The molecule has 0 aromatic carbocycles. The molecule has 0 aliphatic heterocycles. The average Bonchev–Trinajstić information content (AvgIpc) is 2.34. The summed E-state index contributed by atoms with van der Waals surface area (Å²) in [4.78, 5) is 23.7.